The summed E-state index contributed by atoms with van der Waals surface area (Å²) in [5, 5.41) is 26.1. The first-order valence-electron chi connectivity index (χ1n) is 9.84. The second-order valence-electron chi connectivity index (χ2n) is 7.18. The van der Waals surface area contributed by atoms with Gasteiger partial charge in [-0.15, -0.1) is 0 Å². The van der Waals surface area contributed by atoms with Gasteiger partial charge in [0.15, 0.2) is 0 Å². The molecule has 8 nitrogen and oxygen atoms in total. The molecule has 0 aliphatic carbocycles. The van der Waals surface area contributed by atoms with Crippen LogP contribution >= 0.6 is 11.6 Å². The molecular weight excluding hydrogens is 446 g/mol. The van der Waals surface area contributed by atoms with Gasteiger partial charge < -0.3 is 15.2 Å². The molecule has 4 aromatic rings. The molecule has 166 valence electrons. The molecule has 1 heterocycles. The number of nitrogens with one attached hydrogen (secondary N) is 1. The third-order valence-corrected chi connectivity index (χ3v) is 5.51. The monoisotopic (exact) mass is 463 g/mol. The number of carbonyl (C=O) groups excluding carboxylic acids is 1. The van der Waals surface area contributed by atoms with Crippen LogP contribution < -0.4 is 10.1 Å². The number of nitro groups is 1. The molecule has 0 aliphatic rings. The van der Waals surface area contributed by atoms with Crippen LogP contribution in [0.1, 0.15) is 27.5 Å². The molecule has 0 fully saturated rings. The number of aromatic hydroxyl groups is 1. The maximum absolute atomic E-state index is 13.1. The molecule has 1 atom stereocenters. The molecule has 0 radical (unpaired) electrons. The van der Waals surface area contributed by atoms with Gasteiger partial charge in [0.25, 0.3) is 11.6 Å². The number of methoxy groups -OCH3 is 1. The fraction of sp³-hybridized carbons (Fsp3) is 0.0833. The van der Waals surface area contributed by atoms with Crippen LogP contribution in [0.2, 0.25) is 5.02 Å². The fourth-order valence-corrected chi connectivity index (χ4v) is 3.81. The van der Waals surface area contributed by atoms with E-state index in [-0.39, 0.29) is 22.5 Å². The Morgan fingerprint density at radius 1 is 1.15 bits per heavy atom. The molecule has 1 aromatic heterocycles. The van der Waals surface area contributed by atoms with Crippen molar-refractivity contribution < 1.29 is 19.6 Å². The Morgan fingerprint density at radius 3 is 2.61 bits per heavy atom. The molecule has 0 saturated carbocycles. The number of ether oxygens (including phenoxy) is 1. The molecule has 4 rings (SSSR count). The summed E-state index contributed by atoms with van der Waals surface area (Å²) < 4.78 is 5.12. The summed E-state index contributed by atoms with van der Waals surface area (Å²) >= 11 is 6.45. The SMILES string of the molecule is COc1ccc(C(=O)N[C@@H](c2cccc([N+](=O)[O-])c2)c2cc(Cl)c3cccnc3c2O)cc1. The first-order valence-corrected chi connectivity index (χ1v) is 10.2. The van der Waals surface area contributed by atoms with Crippen molar-refractivity contribution in [1.82, 2.24) is 10.3 Å². The number of halogens is 1. The van der Waals surface area contributed by atoms with Crippen molar-refractivity contribution in [2.24, 2.45) is 0 Å². The molecule has 33 heavy (non-hydrogen) atoms. The number of rotatable bonds is 6. The van der Waals surface area contributed by atoms with Crippen LogP contribution in [0.15, 0.2) is 72.9 Å². The van der Waals surface area contributed by atoms with Crippen LogP contribution in [0.25, 0.3) is 10.9 Å². The number of non-ortho nitro benzene ring substituents is 1. The van der Waals surface area contributed by atoms with E-state index >= 15 is 0 Å². The zero-order valence-electron chi connectivity index (χ0n) is 17.4. The number of fused-ring (bicyclic) bond motifs is 1. The van der Waals surface area contributed by atoms with Crippen molar-refractivity contribution in [3.8, 4) is 11.5 Å². The van der Waals surface area contributed by atoms with Gasteiger partial charge >= 0.3 is 0 Å². The topological polar surface area (TPSA) is 115 Å². The van der Waals surface area contributed by atoms with Crippen LogP contribution in [0.3, 0.4) is 0 Å². The quantitative estimate of drug-likeness (QED) is 0.306. The first-order chi connectivity index (χ1) is 15.9. The lowest BCUT2D eigenvalue weighted by Crippen LogP contribution is -2.29. The number of nitro benzene ring substituents is 1. The zero-order chi connectivity index (χ0) is 23.5. The molecular formula is C24H18ClN3O5. The maximum atomic E-state index is 13.1. The van der Waals surface area contributed by atoms with Crippen LogP contribution in [0.4, 0.5) is 5.69 Å². The Labute approximate surface area is 193 Å². The molecule has 0 aliphatic heterocycles. The summed E-state index contributed by atoms with van der Waals surface area (Å²) in [6.07, 6.45) is 1.51. The number of phenolic OH excluding ortho intramolecular Hbond substituents is 1. The van der Waals surface area contributed by atoms with E-state index in [1.165, 1.54) is 37.6 Å². The summed E-state index contributed by atoms with van der Waals surface area (Å²) in [7, 11) is 1.52. The predicted octanol–water partition coefficient (Wildman–Crippen LogP) is 5.03. The Balaban J connectivity index is 1.84. The van der Waals surface area contributed by atoms with Gasteiger partial charge in [0.2, 0.25) is 0 Å². The second-order valence-corrected chi connectivity index (χ2v) is 7.59. The number of hydrogen-bond acceptors (Lipinski definition) is 6. The third-order valence-electron chi connectivity index (χ3n) is 5.20. The van der Waals surface area contributed by atoms with Crippen LogP contribution in [-0.4, -0.2) is 28.0 Å². The van der Waals surface area contributed by atoms with E-state index in [2.05, 4.69) is 10.3 Å². The van der Waals surface area contributed by atoms with Crippen LogP contribution in [-0.2, 0) is 0 Å². The van der Waals surface area contributed by atoms with Gasteiger partial charge in [-0.25, -0.2) is 0 Å². The van der Waals surface area contributed by atoms with Crippen molar-refractivity contribution in [2.45, 2.75) is 6.04 Å². The average Bonchev–Trinajstić information content (AvgIpc) is 2.85. The van der Waals surface area contributed by atoms with Crippen molar-refractivity contribution in [2.75, 3.05) is 7.11 Å². The summed E-state index contributed by atoms with van der Waals surface area (Å²) in [5.74, 6) is -0.0425. The van der Waals surface area contributed by atoms with Gasteiger partial charge in [-0.05, 0) is 48.0 Å². The van der Waals surface area contributed by atoms with Crippen molar-refractivity contribution in [3.05, 3.63) is 105 Å². The summed E-state index contributed by atoms with van der Waals surface area (Å²) in [6, 6.07) is 16.3. The molecule has 0 spiro atoms. The van der Waals surface area contributed by atoms with Crippen molar-refractivity contribution in [3.63, 3.8) is 0 Å². The predicted molar refractivity (Wildman–Crippen MR) is 124 cm³/mol. The number of amides is 1. The minimum absolute atomic E-state index is 0.152. The smallest absolute Gasteiger partial charge is 0.269 e. The molecule has 3 aromatic carbocycles. The van der Waals surface area contributed by atoms with E-state index in [1.807, 2.05) is 0 Å². The largest absolute Gasteiger partial charge is 0.505 e. The van der Waals surface area contributed by atoms with Crippen molar-refractivity contribution in [1.29, 1.82) is 0 Å². The van der Waals surface area contributed by atoms with Crippen molar-refractivity contribution >= 4 is 34.1 Å². The Kier molecular flexibility index (Phi) is 6.10. The van der Waals surface area contributed by atoms with Gasteiger partial charge in [-0.1, -0.05) is 23.7 Å². The minimum atomic E-state index is -0.941. The molecule has 2 N–H and O–H groups in total. The van der Waals surface area contributed by atoms with E-state index in [4.69, 9.17) is 16.3 Å². The molecule has 0 saturated heterocycles. The normalized spacial score (nSPS) is 11.7. The molecule has 0 bridgehead atoms. The Bertz CT molecular complexity index is 1360. The Hall–Kier alpha value is -4.17. The number of phenols is 1. The molecule has 1 amide bonds. The lowest BCUT2D eigenvalue weighted by molar-refractivity contribution is -0.384. The highest BCUT2D eigenvalue weighted by molar-refractivity contribution is 6.35. The number of nitrogens with zero attached hydrogens (tertiary/aromatic N) is 2. The third kappa shape index (κ3) is 4.42. The zero-order valence-corrected chi connectivity index (χ0v) is 18.1. The van der Waals surface area contributed by atoms with E-state index in [0.29, 0.717) is 27.3 Å². The summed E-state index contributed by atoms with van der Waals surface area (Å²) in [4.78, 5) is 28.1. The molecule has 9 heteroatoms. The lowest BCUT2D eigenvalue weighted by Gasteiger charge is -2.22. The Morgan fingerprint density at radius 2 is 1.91 bits per heavy atom. The minimum Gasteiger partial charge on any atom is -0.505 e. The first kappa shape index (κ1) is 22.0. The molecule has 0 unspecified atom stereocenters. The van der Waals surface area contributed by atoms with Crippen LogP contribution in [0.5, 0.6) is 11.5 Å². The van der Waals surface area contributed by atoms with E-state index in [9.17, 15) is 20.0 Å². The maximum Gasteiger partial charge on any atom is 0.269 e. The second kappa shape index (κ2) is 9.13. The van der Waals surface area contributed by atoms with Crippen LogP contribution in [0, 0.1) is 10.1 Å². The highest BCUT2D eigenvalue weighted by Crippen LogP contribution is 2.39. The highest BCUT2D eigenvalue weighted by atomic mass is 35.5. The number of pyridine rings is 1. The van der Waals surface area contributed by atoms with Gasteiger partial charge in [0, 0.05) is 34.8 Å². The number of carbonyl (C=O) groups is 1. The summed E-state index contributed by atoms with van der Waals surface area (Å²) in [5.41, 5.74) is 1.10. The van der Waals surface area contributed by atoms with Gasteiger partial charge in [0.05, 0.1) is 23.1 Å². The summed E-state index contributed by atoms with van der Waals surface area (Å²) in [6.45, 7) is 0. The van der Waals surface area contributed by atoms with Gasteiger partial charge in [-0.3, -0.25) is 19.9 Å². The van der Waals surface area contributed by atoms with Gasteiger partial charge in [0.1, 0.15) is 17.0 Å². The lowest BCUT2D eigenvalue weighted by atomic mass is 9.95. The van der Waals surface area contributed by atoms with Gasteiger partial charge in [-0.2, -0.15) is 0 Å². The average molecular weight is 464 g/mol. The number of hydrogen-bond donors (Lipinski definition) is 2. The van der Waals surface area contributed by atoms with E-state index < -0.39 is 16.9 Å². The highest BCUT2D eigenvalue weighted by Gasteiger charge is 2.25. The number of aromatic nitrogens is 1. The van der Waals surface area contributed by atoms with E-state index in [1.54, 1.807) is 42.5 Å². The fourth-order valence-electron chi connectivity index (χ4n) is 3.54. The number of benzene rings is 3. The van der Waals surface area contributed by atoms with E-state index in [0.717, 1.165) is 0 Å². The standard InChI is InChI=1S/C24H18ClN3O5/c1-33-17-9-7-14(8-10-17)24(30)27-21(15-4-2-5-16(12-15)28(31)32)19-13-20(25)18-6-3-11-26-22(18)23(19)29/h2-13,21,29H,1H3,(H,27,30)/t21-/m0/s1.